The molecule has 27 heavy (non-hydrogen) atoms. The second-order valence-electron chi connectivity index (χ2n) is 7.26. The maximum absolute atomic E-state index is 12.7. The van der Waals surface area contributed by atoms with Crippen molar-refractivity contribution in [3.8, 4) is 5.75 Å². The molecule has 3 atom stereocenters. The van der Waals surface area contributed by atoms with Crippen molar-refractivity contribution in [2.75, 3.05) is 20.2 Å². The average Bonchev–Trinajstić information content (AvgIpc) is 3.01. The SMILES string of the molecule is COc1ccc(CN2C[C@H]3C[C@@H](C(=O)NCc4cccnc4)[C@@H](C2)O3)cc1. The fraction of sp³-hybridized carbons (Fsp3) is 0.429. The van der Waals surface area contributed by atoms with Gasteiger partial charge in [0.15, 0.2) is 0 Å². The molecule has 1 aromatic heterocycles. The highest BCUT2D eigenvalue weighted by Crippen LogP contribution is 2.32. The van der Waals surface area contributed by atoms with E-state index in [9.17, 15) is 4.79 Å². The van der Waals surface area contributed by atoms with Gasteiger partial charge in [0.2, 0.25) is 5.91 Å². The Morgan fingerprint density at radius 1 is 1.26 bits per heavy atom. The van der Waals surface area contributed by atoms with E-state index in [-0.39, 0.29) is 24.0 Å². The Balaban J connectivity index is 1.32. The molecule has 2 aliphatic rings. The Morgan fingerprint density at radius 2 is 2.11 bits per heavy atom. The predicted octanol–water partition coefficient (Wildman–Crippen LogP) is 2.00. The molecule has 1 aromatic carbocycles. The zero-order valence-corrected chi connectivity index (χ0v) is 15.5. The lowest BCUT2D eigenvalue weighted by Gasteiger charge is -2.32. The Hall–Kier alpha value is -2.44. The monoisotopic (exact) mass is 367 g/mol. The maximum atomic E-state index is 12.7. The van der Waals surface area contributed by atoms with Crippen LogP contribution in [0.2, 0.25) is 0 Å². The van der Waals surface area contributed by atoms with Crippen LogP contribution in [0.4, 0.5) is 0 Å². The van der Waals surface area contributed by atoms with Gasteiger partial charge < -0.3 is 14.8 Å². The first-order valence-electron chi connectivity index (χ1n) is 9.38. The van der Waals surface area contributed by atoms with Gasteiger partial charge in [-0.25, -0.2) is 0 Å². The third-order valence-corrected chi connectivity index (χ3v) is 5.32. The lowest BCUT2D eigenvalue weighted by atomic mass is 9.99. The van der Waals surface area contributed by atoms with Crippen molar-refractivity contribution in [2.45, 2.75) is 31.7 Å². The Morgan fingerprint density at radius 3 is 2.85 bits per heavy atom. The molecular weight excluding hydrogens is 342 g/mol. The van der Waals surface area contributed by atoms with Crippen molar-refractivity contribution in [1.29, 1.82) is 0 Å². The van der Waals surface area contributed by atoms with E-state index >= 15 is 0 Å². The van der Waals surface area contributed by atoms with Crippen molar-refractivity contribution in [2.24, 2.45) is 5.92 Å². The molecule has 0 unspecified atom stereocenters. The van der Waals surface area contributed by atoms with Gasteiger partial charge in [0.1, 0.15) is 5.75 Å². The van der Waals surface area contributed by atoms with Gasteiger partial charge in [0.25, 0.3) is 0 Å². The number of fused-ring (bicyclic) bond motifs is 2. The molecule has 1 N–H and O–H groups in total. The summed E-state index contributed by atoms with van der Waals surface area (Å²) in [6.07, 6.45) is 4.41. The topological polar surface area (TPSA) is 63.7 Å². The number of methoxy groups -OCH3 is 1. The van der Waals surface area contributed by atoms with Gasteiger partial charge in [-0.05, 0) is 35.7 Å². The largest absolute Gasteiger partial charge is 0.497 e. The zero-order chi connectivity index (χ0) is 18.6. The van der Waals surface area contributed by atoms with Gasteiger partial charge in [-0.3, -0.25) is 14.7 Å². The highest BCUT2D eigenvalue weighted by Gasteiger charge is 2.44. The number of nitrogens with one attached hydrogen (secondary N) is 1. The first-order chi connectivity index (χ1) is 13.2. The van der Waals surface area contributed by atoms with Gasteiger partial charge in [-0.15, -0.1) is 0 Å². The van der Waals surface area contributed by atoms with Crippen molar-refractivity contribution in [3.05, 3.63) is 59.9 Å². The fourth-order valence-corrected chi connectivity index (χ4v) is 3.95. The third kappa shape index (κ3) is 4.28. The van der Waals surface area contributed by atoms with Crippen molar-refractivity contribution < 1.29 is 14.3 Å². The van der Waals surface area contributed by atoms with Crippen LogP contribution in [0.25, 0.3) is 0 Å². The summed E-state index contributed by atoms with van der Waals surface area (Å²) in [5, 5.41) is 3.04. The van der Waals surface area contributed by atoms with Gasteiger partial charge in [-0.1, -0.05) is 18.2 Å². The summed E-state index contributed by atoms with van der Waals surface area (Å²) in [7, 11) is 1.67. The van der Waals surface area contributed by atoms with Crippen LogP contribution in [-0.4, -0.2) is 48.2 Å². The molecule has 0 spiro atoms. The van der Waals surface area contributed by atoms with Gasteiger partial charge in [0, 0.05) is 38.6 Å². The van der Waals surface area contributed by atoms with Crippen LogP contribution in [0.15, 0.2) is 48.8 Å². The highest BCUT2D eigenvalue weighted by atomic mass is 16.5. The molecule has 2 fully saturated rings. The molecule has 2 bridgehead atoms. The fourth-order valence-electron chi connectivity index (χ4n) is 3.95. The van der Waals surface area contributed by atoms with E-state index in [1.807, 2.05) is 24.3 Å². The number of morpholine rings is 1. The number of carbonyl (C=O) groups is 1. The van der Waals surface area contributed by atoms with E-state index in [0.29, 0.717) is 6.54 Å². The molecule has 6 heteroatoms. The number of aromatic nitrogens is 1. The van der Waals surface area contributed by atoms with E-state index < -0.39 is 0 Å². The summed E-state index contributed by atoms with van der Waals surface area (Å²) >= 11 is 0. The molecule has 2 saturated heterocycles. The molecule has 0 radical (unpaired) electrons. The number of hydrogen-bond acceptors (Lipinski definition) is 5. The number of nitrogens with zero attached hydrogens (tertiary/aromatic N) is 2. The van der Waals surface area contributed by atoms with Gasteiger partial charge in [-0.2, -0.15) is 0 Å². The molecule has 6 nitrogen and oxygen atoms in total. The summed E-state index contributed by atoms with van der Waals surface area (Å²) in [6.45, 7) is 3.03. The van der Waals surface area contributed by atoms with E-state index in [0.717, 1.165) is 37.4 Å². The Kier molecular flexibility index (Phi) is 5.36. The number of likely N-dealkylation sites (tertiary alicyclic amines) is 1. The minimum absolute atomic E-state index is 0.0316. The molecule has 4 rings (SSSR count). The van der Waals surface area contributed by atoms with E-state index in [1.54, 1.807) is 19.5 Å². The lowest BCUT2D eigenvalue weighted by molar-refractivity contribution is -0.128. The van der Waals surface area contributed by atoms with Crippen LogP contribution >= 0.6 is 0 Å². The van der Waals surface area contributed by atoms with Crippen LogP contribution in [0, 0.1) is 5.92 Å². The molecule has 0 saturated carbocycles. The zero-order valence-electron chi connectivity index (χ0n) is 15.5. The molecule has 2 aromatic rings. The molecule has 1 amide bonds. The highest BCUT2D eigenvalue weighted by molar-refractivity contribution is 5.79. The van der Waals surface area contributed by atoms with Crippen LogP contribution < -0.4 is 10.1 Å². The van der Waals surface area contributed by atoms with Crippen LogP contribution in [-0.2, 0) is 22.6 Å². The summed E-state index contributed by atoms with van der Waals surface area (Å²) in [5.74, 6) is 0.872. The van der Waals surface area contributed by atoms with E-state index in [4.69, 9.17) is 9.47 Å². The number of rotatable bonds is 6. The third-order valence-electron chi connectivity index (χ3n) is 5.32. The number of hydrogen-bond donors (Lipinski definition) is 1. The van der Waals surface area contributed by atoms with Crippen molar-refractivity contribution >= 4 is 5.91 Å². The minimum Gasteiger partial charge on any atom is -0.497 e. The molecule has 142 valence electrons. The molecular formula is C21H25N3O3. The second kappa shape index (κ2) is 8.06. The van der Waals surface area contributed by atoms with Crippen molar-refractivity contribution in [1.82, 2.24) is 15.2 Å². The first kappa shape index (κ1) is 17.9. The van der Waals surface area contributed by atoms with Crippen LogP contribution in [0.5, 0.6) is 5.75 Å². The predicted molar refractivity (Wildman–Crippen MR) is 101 cm³/mol. The average molecular weight is 367 g/mol. The van der Waals surface area contributed by atoms with Gasteiger partial charge >= 0.3 is 0 Å². The number of ether oxygens (including phenoxy) is 2. The van der Waals surface area contributed by atoms with Gasteiger partial charge in [0.05, 0.1) is 25.2 Å². The first-order valence-corrected chi connectivity index (χ1v) is 9.38. The number of amides is 1. The summed E-state index contributed by atoms with van der Waals surface area (Å²) in [5.41, 5.74) is 2.25. The summed E-state index contributed by atoms with van der Waals surface area (Å²) in [4.78, 5) is 19.1. The Bertz CT molecular complexity index is 766. The number of benzene rings is 1. The summed E-state index contributed by atoms with van der Waals surface area (Å²) in [6, 6.07) is 12.0. The standard InChI is InChI=1S/C21H25N3O3/c1-26-17-6-4-15(5-7-17)12-24-13-18-9-19(20(14-24)27-18)21(25)23-11-16-3-2-8-22-10-16/h2-8,10,18-20H,9,11-14H2,1H3,(H,23,25)/t18-,19-,20-/m1/s1. The lowest BCUT2D eigenvalue weighted by Crippen LogP contribution is -2.44. The maximum Gasteiger partial charge on any atom is 0.226 e. The quantitative estimate of drug-likeness (QED) is 0.846. The van der Waals surface area contributed by atoms with Crippen LogP contribution in [0.3, 0.4) is 0 Å². The summed E-state index contributed by atoms with van der Waals surface area (Å²) < 4.78 is 11.3. The molecule has 0 aliphatic carbocycles. The molecule has 3 heterocycles. The van der Waals surface area contributed by atoms with E-state index in [2.05, 4.69) is 27.3 Å². The van der Waals surface area contributed by atoms with Crippen LogP contribution in [0.1, 0.15) is 17.5 Å². The number of pyridine rings is 1. The minimum atomic E-state index is -0.0764. The second-order valence-corrected chi connectivity index (χ2v) is 7.26. The smallest absolute Gasteiger partial charge is 0.226 e. The van der Waals surface area contributed by atoms with E-state index in [1.165, 1.54) is 5.56 Å². The molecule has 2 aliphatic heterocycles. The Labute approximate surface area is 159 Å². The van der Waals surface area contributed by atoms with Crippen molar-refractivity contribution in [3.63, 3.8) is 0 Å². The normalized spacial score (nSPS) is 24.6. The number of carbonyl (C=O) groups excluding carboxylic acids is 1.